The van der Waals surface area contributed by atoms with Crippen molar-refractivity contribution in [3.63, 3.8) is 0 Å². The van der Waals surface area contributed by atoms with Crippen LogP contribution < -0.4 is 5.32 Å². The van der Waals surface area contributed by atoms with Crippen LogP contribution in [0.2, 0.25) is 0 Å². The van der Waals surface area contributed by atoms with Crippen LogP contribution in [-0.4, -0.2) is 18.3 Å². The first-order valence-corrected chi connectivity index (χ1v) is 7.32. The molecule has 0 radical (unpaired) electrons. The standard InChI is InChI=1S/C16H25NO/c18-12-11-14-7-9-16(10-8-14)17-13-15-5-3-1-2-4-6-15/h7-10,15,17-18H,1-6,11-13H2. The lowest BCUT2D eigenvalue weighted by Gasteiger charge is -2.15. The lowest BCUT2D eigenvalue weighted by molar-refractivity contribution is 0.299. The number of benzene rings is 1. The molecule has 2 rings (SSSR count). The van der Waals surface area contributed by atoms with Crippen LogP contribution in [0.5, 0.6) is 0 Å². The van der Waals surface area contributed by atoms with E-state index >= 15 is 0 Å². The molecule has 0 spiro atoms. The summed E-state index contributed by atoms with van der Waals surface area (Å²) in [4.78, 5) is 0. The van der Waals surface area contributed by atoms with Crippen LogP contribution in [0.25, 0.3) is 0 Å². The number of anilines is 1. The first-order valence-electron chi connectivity index (χ1n) is 7.32. The Morgan fingerprint density at radius 3 is 2.28 bits per heavy atom. The summed E-state index contributed by atoms with van der Waals surface area (Å²) in [5, 5.41) is 12.4. The van der Waals surface area contributed by atoms with E-state index in [1.807, 2.05) is 0 Å². The number of aliphatic hydroxyl groups excluding tert-OH is 1. The first-order chi connectivity index (χ1) is 8.88. The highest BCUT2D eigenvalue weighted by atomic mass is 16.2. The highest BCUT2D eigenvalue weighted by Gasteiger charge is 2.11. The van der Waals surface area contributed by atoms with Gasteiger partial charge in [0.15, 0.2) is 0 Å². The molecule has 1 fully saturated rings. The van der Waals surface area contributed by atoms with Crippen molar-refractivity contribution < 1.29 is 5.11 Å². The van der Waals surface area contributed by atoms with Crippen molar-refractivity contribution >= 4 is 5.69 Å². The zero-order chi connectivity index (χ0) is 12.6. The molecule has 1 aromatic carbocycles. The molecule has 0 amide bonds. The molecule has 0 unspecified atom stereocenters. The second-order valence-corrected chi connectivity index (χ2v) is 5.41. The van der Waals surface area contributed by atoms with E-state index in [0.717, 1.165) is 18.9 Å². The average molecular weight is 247 g/mol. The normalized spacial score (nSPS) is 17.4. The summed E-state index contributed by atoms with van der Waals surface area (Å²) >= 11 is 0. The molecule has 1 aliphatic carbocycles. The molecule has 18 heavy (non-hydrogen) atoms. The first kappa shape index (κ1) is 13.4. The molecular formula is C16H25NO. The zero-order valence-corrected chi connectivity index (χ0v) is 11.2. The highest BCUT2D eigenvalue weighted by Crippen LogP contribution is 2.23. The number of aliphatic hydroxyl groups is 1. The third-order valence-electron chi connectivity index (χ3n) is 3.92. The maximum Gasteiger partial charge on any atom is 0.0471 e. The molecule has 0 heterocycles. The average Bonchev–Trinajstić information content (AvgIpc) is 2.67. The zero-order valence-electron chi connectivity index (χ0n) is 11.2. The minimum atomic E-state index is 0.231. The van der Waals surface area contributed by atoms with Crippen LogP contribution in [0.4, 0.5) is 5.69 Å². The molecule has 1 saturated carbocycles. The SMILES string of the molecule is OCCc1ccc(NCC2CCCCCC2)cc1. The second-order valence-electron chi connectivity index (χ2n) is 5.41. The number of rotatable bonds is 5. The molecule has 0 bridgehead atoms. The van der Waals surface area contributed by atoms with Crippen LogP contribution in [0.3, 0.4) is 0 Å². The predicted octanol–water partition coefficient (Wildman–Crippen LogP) is 3.60. The Kier molecular flexibility index (Phi) is 5.53. The molecule has 2 N–H and O–H groups in total. The van der Waals surface area contributed by atoms with Gasteiger partial charge in [0.1, 0.15) is 0 Å². The highest BCUT2D eigenvalue weighted by molar-refractivity contribution is 5.44. The van der Waals surface area contributed by atoms with Crippen LogP contribution in [-0.2, 0) is 6.42 Å². The van der Waals surface area contributed by atoms with Gasteiger partial charge in [0, 0.05) is 18.8 Å². The third kappa shape index (κ3) is 4.34. The van der Waals surface area contributed by atoms with E-state index in [1.165, 1.54) is 49.8 Å². The van der Waals surface area contributed by atoms with Gasteiger partial charge < -0.3 is 10.4 Å². The minimum Gasteiger partial charge on any atom is -0.396 e. The van der Waals surface area contributed by atoms with Crippen molar-refractivity contribution in [2.75, 3.05) is 18.5 Å². The molecule has 0 aromatic heterocycles. The summed E-state index contributed by atoms with van der Waals surface area (Å²) in [6.07, 6.45) is 9.18. The molecule has 0 saturated heterocycles. The van der Waals surface area contributed by atoms with E-state index in [2.05, 4.69) is 29.6 Å². The van der Waals surface area contributed by atoms with E-state index < -0.39 is 0 Å². The van der Waals surface area contributed by atoms with Gasteiger partial charge in [-0.2, -0.15) is 0 Å². The molecule has 100 valence electrons. The quantitative estimate of drug-likeness (QED) is 0.779. The topological polar surface area (TPSA) is 32.3 Å². The fourth-order valence-electron chi connectivity index (χ4n) is 2.75. The molecular weight excluding hydrogens is 222 g/mol. The maximum absolute atomic E-state index is 8.87. The van der Waals surface area contributed by atoms with Gasteiger partial charge in [-0.1, -0.05) is 37.8 Å². The lowest BCUT2D eigenvalue weighted by atomic mass is 10.0. The lowest BCUT2D eigenvalue weighted by Crippen LogP contribution is -2.13. The van der Waals surface area contributed by atoms with E-state index in [9.17, 15) is 0 Å². The molecule has 0 aliphatic heterocycles. The number of hydrogen-bond donors (Lipinski definition) is 2. The summed E-state index contributed by atoms with van der Waals surface area (Å²) in [5.74, 6) is 0.851. The minimum absolute atomic E-state index is 0.231. The van der Waals surface area contributed by atoms with E-state index in [-0.39, 0.29) is 6.61 Å². The largest absolute Gasteiger partial charge is 0.396 e. The van der Waals surface area contributed by atoms with Crippen molar-refractivity contribution in [2.24, 2.45) is 5.92 Å². The summed E-state index contributed by atoms with van der Waals surface area (Å²) in [7, 11) is 0. The Balaban J connectivity index is 1.78. The van der Waals surface area contributed by atoms with Gasteiger partial charge in [0.05, 0.1) is 0 Å². The van der Waals surface area contributed by atoms with Crippen molar-refractivity contribution in [3.8, 4) is 0 Å². The fourth-order valence-corrected chi connectivity index (χ4v) is 2.75. The summed E-state index contributed by atoms with van der Waals surface area (Å²) in [6.45, 7) is 1.34. The van der Waals surface area contributed by atoms with Crippen molar-refractivity contribution in [3.05, 3.63) is 29.8 Å². The van der Waals surface area contributed by atoms with E-state index in [4.69, 9.17) is 5.11 Å². The summed E-state index contributed by atoms with van der Waals surface area (Å²) in [6, 6.07) is 8.46. The number of nitrogens with one attached hydrogen (secondary N) is 1. The fraction of sp³-hybridized carbons (Fsp3) is 0.625. The van der Waals surface area contributed by atoms with Gasteiger partial charge >= 0.3 is 0 Å². The third-order valence-corrected chi connectivity index (χ3v) is 3.92. The monoisotopic (exact) mass is 247 g/mol. The molecule has 0 atom stereocenters. The van der Waals surface area contributed by atoms with E-state index in [1.54, 1.807) is 0 Å². The van der Waals surface area contributed by atoms with Gasteiger partial charge in [0.25, 0.3) is 0 Å². The van der Waals surface area contributed by atoms with Crippen LogP contribution in [0.1, 0.15) is 44.1 Å². The van der Waals surface area contributed by atoms with Crippen LogP contribution in [0.15, 0.2) is 24.3 Å². The van der Waals surface area contributed by atoms with Gasteiger partial charge in [-0.3, -0.25) is 0 Å². The van der Waals surface area contributed by atoms with Gasteiger partial charge in [0.2, 0.25) is 0 Å². The smallest absolute Gasteiger partial charge is 0.0471 e. The predicted molar refractivity (Wildman–Crippen MR) is 76.9 cm³/mol. The van der Waals surface area contributed by atoms with Crippen molar-refractivity contribution in [1.29, 1.82) is 0 Å². The van der Waals surface area contributed by atoms with Crippen LogP contribution in [0, 0.1) is 5.92 Å². The van der Waals surface area contributed by atoms with Crippen LogP contribution >= 0.6 is 0 Å². The Morgan fingerprint density at radius 2 is 1.67 bits per heavy atom. The summed E-state index contributed by atoms with van der Waals surface area (Å²) < 4.78 is 0. The Labute approximate surface area is 110 Å². The molecule has 2 nitrogen and oxygen atoms in total. The Morgan fingerprint density at radius 1 is 1.00 bits per heavy atom. The Bertz CT molecular complexity index is 325. The van der Waals surface area contributed by atoms with Gasteiger partial charge in [-0.25, -0.2) is 0 Å². The molecule has 1 aromatic rings. The summed E-state index contributed by atoms with van der Waals surface area (Å²) in [5.41, 5.74) is 2.42. The Hall–Kier alpha value is -1.02. The van der Waals surface area contributed by atoms with Gasteiger partial charge in [-0.15, -0.1) is 0 Å². The van der Waals surface area contributed by atoms with E-state index in [0.29, 0.717) is 0 Å². The number of hydrogen-bond acceptors (Lipinski definition) is 2. The maximum atomic E-state index is 8.87. The van der Waals surface area contributed by atoms with Gasteiger partial charge in [-0.05, 0) is 42.9 Å². The molecule has 2 heteroatoms. The molecule has 1 aliphatic rings. The van der Waals surface area contributed by atoms with Crippen molar-refractivity contribution in [2.45, 2.75) is 44.9 Å². The van der Waals surface area contributed by atoms with Crippen molar-refractivity contribution in [1.82, 2.24) is 0 Å². The second kappa shape index (κ2) is 7.42.